The number of amides is 1. The highest BCUT2D eigenvalue weighted by atomic mass is 16.3. The normalized spacial score (nSPS) is 12.2. The molecule has 1 unspecified atom stereocenters. The second-order valence-corrected chi connectivity index (χ2v) is 4.89. The number of rotatable bonds is 7. The number of benzene rings is 1. The van der Waals surface area contributed by atoms with Gasteiger partial charge in [-0.15, -0.1) is 0 Å². The highest BCUT2D eigenvalue weighted by Gasteiger charge is 2.13. The van der Waals surface area contributed by atoms with Gasteiger partial charge < -0.3 is 16.2 Å². The average Bonchev–Trinajstić information content (AvgIpc) is 2.39. The lowest BCUT2D eigenvalue weighted by atomic mass is 9.99. The van der Waals surface area contributed by atoms with Crippen molar-refractivity contribution in [2.75, 3.05) is 13.1 Å². The van der Waals surface area contributed by atoms with E-state index in [0.717, 1.165) is 19.3 Å². The van der Waals surface area contributed by atoms with Crippen molar-refractivity contribution in [3.63, 3.8) is 0 Å². The molecule has 0 aliphatic heterocycles. The smallest absolute Gasteiger partial charge is 0.251 e. The fourth-order valence-corrected chi connectivity index (χ4v) is 2.19. The van der Waals surface area contributed by atoms with E-state index in [2.05, 4.69) is 12.2 Å². The van der Waals surface area contributed by atoms with Gasteiger partial charge in [0.05, 0.1) is 0 Å². The van der Waals surface area contributed by atoms with Crippen LogP contribution in [0, 0.1) is 12.8 Å². The zero-order valence-corrected chi connectivity index (χ0v) is 11.8. The first-order chi connectivity index (χ1) is 9.10. The first kappa shape index (κ1) is 15.5. The second kappa shape index (κ2) is 7.79. The second-order valence-electron chi connectivity index (χ2n) is 4.89. The monoisotopic (exact) mass is 264 g/mol. The number of carbonyl (C=O) groups is 1. The van der Waals surface area contributed by atoms with Crippen molar-refractivity contribution >= 4 is 5.91 Å². The van der Waals surface area contributed by atoms with E-state index in [4.69, 9.17) is 5.73 Å². The topological polar surface area (TPSA) is 75.3 Å². The molecule has 0 aromatic heterocycles. The number of nitrogens with two attached hydrogens (primary N) is 1. The molecule has 1 aromatic rings. The van der Waals surface area contributed by atoms with Crippen LogP contribution >= 0.6 is 0 Å². The van der Waals surface area contributed by atoms with Crippen molar-refractivity contribution in [2.45, 2.75) is 33.1 Å². The van der Waals surface area contributed by atoms with Crippen molar-refractivity contribution in [1.29, 1.82) is 0 Å². The number of carbonyl (C=O) groups excluding carboxylic acids is 1. The Kier molecular flexibility index (Phi) is 6.36. The molecule has 0 saturated heterocycles. The summed E-state index contributed by atoms with van der Waals surface area (Å²) in [6.07, 6.45) is 3.08. The molecule has 19 heavy (non-hydrogen) atoms. The summed E-state index contributed by atoms with van der Waals surface area (Å²) >= 11 is 0. The minimum atomic E-state index is -0.133. The summed E-state index contributed by atoms with van der Waals surface area (Å²) in [4.78, 5) is 12.1. The number of phenols is 1. The molecule has 0 heterocycles. The zero-order valence-electron chi connectivity index (χ0n) is 11.8. The molecule has 1 atom stereocenters. The Morgan fingerprint density at radius 2 is 2.16 bits per heavy atom. The summed E-state index contributed by atoms with van der Waals surface area (Å²) in [6, 6.07) is 4.99. The third kappa shape index (κ3) is 4.56. The third-order valence-corrected chi connectivity index (χ3v) is 3.37. The number of hydrogen-bond donors (Lipinski definition) is 3. The van der Waals surface area contributed by atoms with Gasteiger partial charge in [-0.05, 0) is 44.4 Å². The van der Waals surface area contributed by atoms with Gasteiger partial charge in [-0.1, -0.05) is 19.4 Å². The predicted molar refractivity (Wildman–Crippen MR) is 77.2 cm³/mol. The van der Waals surface area contributed by atoms with Gasteiger partial charge in [0.1, 0.15) is 5.75 Å². The molecule has 0 radical (unpaired) electrons. The van der Waals surface area contributed by atoms with E-state index in [1.807, 2.05) is 0 Å². The maximum atomic E-state index is 12.1. The van der Waals surface area contributed by atoms with E-state index in [1.54, 1.807) is 25.1 Å². The van der Waals surface area contributed by atoms with E-state index in [9.17, 15) is 9.90 Å². The molecule has 1 amide bonds. The zero-order chi connectivity index (χ0) is 14.3. The van der Waals surface area contributed by atoms with E-state index in [0.29, 0.717) is 30.1 Å². The minimum Gasteiger partial charge on any atom is -0.508 e. The summed E-state index contributed by atoms with van der Waals surface area (Å²) in [5.74, 6) is 0.447. The van der Waals surface area contributed by atoms with Crippen LogP contribution in [0.15, 0.2) is 18.2 Å². The fourth-order valence-electron chi connectivity index (χ4n) is 2.19. The van der Waals surface area contributed by atoms with E-state index >= 15 is 0 Å². The van der Waals surface area contributed by atoms with E-state index in [-0.39, 0.29) is 11.7 Å². The van der Waals surface area contributed by atoms with Crippen LogP contribution in [0.3, 0.4) is 0 Å². The summed E-state index contributed by atoms with van der Waals surface area (Å²) in [5, 5.41) is 12.5. The van der Waals surface area contributed by atoms with E-state index < -0.39 is 0 Å². The molecular weight excluding hydrogens is 240 g/mol. The Morgan fingerprint density at radius 1 is 1.42 bits per heavy atom. The number of aromatic hydroxyl groups is 1. The standard InChI is InChI=1S/C15H24N2O2/c1-3-5-12(8-9-16)10-17-15(19)13-6-4-7-14(18)11(13)2/h4,6-7,12,18H,3,5,8-10,16H2,1-2H3,(H,17,19). The van der Waals surface area contributed by atoms with E-state index in [1.165, 1.54) is 0 Å². The molecule has 0 aliphatic rings. The van der Waals surface area contributed by atoms with Crippen LogP contribution < -0.4 is 11.1 Å². The Hall–Kier alpha value is -1.55. The first-order valence-electron chi connectivity index (χ1n) is 6.87. The minimum absolute atomic E-state index is 0.133. The highest BCUT2D eigenvalue weighted by Crippen LogP contribution is 2.19. The largest absolute Gasteiger partial charge is 0.508 e. The first-order valence-corrected chi connectivity index (χ1v) is 6.87. The molecular formula is C15H24N2O2. The van der Waals surface area contributed by atoms with Crippen LogP contribution in [-0.2, 0) is 0 Å². The molecule has 0 fully saturated rings. The molecule has 106 valence electrons. The Balaban J connectivity index is 2.61. The van der Waals surface area contributed by atoms with Gasteiger partial charge in [-0.3, -0.25) is 4.79 Å². The maximum absolute atomic E-state index is 12.1. The summed E-state index contributed by atoms with van der Waals surface area (Å²) in [7, 11) is 0. The Bertz CT molecular complexity index is 413. The van der Waals surface area contributed by atoms with Gasteiger partial charge >= 0.3 is 0 Å². The highest BCUT2D eigenvalue weighted by molar-refractivity contribution is 5.96. The summed E-state index contributed by atoms with van der Waals surface area (Å²) < 4.78 is 0. The van der Waals surface area contributed by atoms with Crippen molar-refractivity contribution in [3.05, 3.63) is 29.3 Å². The van der Waals surface area contributed by atoms with Gasteiger partial charge in [0.2, 0.25) is 0 Å². The lowest BCUT2D eigenvalue weighted by molar-refractivity contribution is 0.0944. The molecule has 0 bridgehead atoms. The van der Waals surface area contributed by atoms with Gasteiger partial charge in [-0.2, -0.15) is 0 Å². The molecule has 1 rings (SSSR count). The maximum Gasteiger partial charge on any atom is 0.251 e. The number of hydrogen-bond acceptors (Lipinski definition) is 3. The van der Waals surface area contributed by atoms with Gasteiger partial charge in [0, 0.05) is 17.7 Å². The van der Waals surface area contributed by atoms with Gasteiger partial charge in [0.25, 0.3) is 5.91 Å². The average molecular weight is 264 g/mol. The van der Waals surface area contributed by atoms with Crippen molar-refractivity contribution in [3.8, 4) is 5.75 Å². The van der Waals surface area contributed by atoms with Crippen molar-refractivity contribution in [2.24, 2.45) is 11.7 Å². The molecule has 0 spiro atoms. The van der Waals surface area contributed by atoms with Crippen LogP contribution in [0.25, 0.3) is 0 Å². The van der Waals surface area contributed by atoms with Crippen LogP contribution in [0.1, 0.15) is 42.1 Å². The van der Waals surface area contributed by atoms with Crippen molar-refractivity contribution < 1.29 is 9.90 Å². The van der Waals surface area contributed by atoms with Crippen LogP contribution in [-0.4, -0.2) is 24.1 Å². The van der Waals surface area contributed by atoms with Crippen LogP contribution in [0.5, 0.6) is 5.75 Å². The molecule has 0 saturated carbocycles. The predicted octanol–water partition coefficient (Wildman–Crippen LogP) is 2.20. The fraction of sp³-hybridized carbons (Fsp3) is 0.533. The van der Waals surface area contributed by atoms with Crippen LogP contribution in [0.2, 0.25) is 0 Å². The Labute approximate surface area is 115 Å². The third-order valence-electron chi connectivity index (χ3n) is 3.37. The molecule has 0 aliphatic carbocycles. The molecule has 4 N–H and O–H groups in total. The lowest BCUT2D eigenvalue weighted by Crippen LogP contribution is -2.30. The lowest BCUT2D eigenvalue weighted by Gasteiger charge is -2.16. The summed E-state index contributed by atoms with van der Waals surface area (Å²) in [6.45, 7) is 5.16. The van der Waals surface area contributed by atoms with Gasteiger partial charge in [-0.25, -0.2) is 0 Å². The molecule has 1 aromatic carbocycles. The Morgan fingerprint density at radius 3 is 2.79 bits per heavy atom. The van der Waals surface area contributed by atoms with Crippen LogP contribution in [0.4, 0.5) is 0 Å². The van der Waals surface area contributed by atoms with Gasteiger partial charge in [0.15, 0.2) is 0 Å². The quantitative estimate of drug-likeness (QED) is 0.706. The summed E-state index contributed by atoms with van der Waals surface area (Å²) in [5.41, 5.74) is 6.72. The number of phenolic OH excluding ortho intramolecular Hbond substituents is 1. The number of nitrogens with one attached hydrogen (secondary N) is 1. The van der Waals surface area contributed by atoms with Crippen molar-refractivity contribution in [1.82, 2.24) is 5.32 Å². The molecule has 4 nitrogen and oxygen atoms in total. The molecule has 4 heteroatoms. The SMILES string of the molecule is CCCC(CCN)CNC(=O)c1cccc(O)c1C.